The van der Waals surface area contributed by atoms with Gasteiger partial charge in [-0.15, -0.1) is 0 Å². The van der Waals surface area contributed by atoms with E-state index in [0.717, 1.165) is 16.3 Å². The number of ether oxygens (including phenoxy) is 1. The van der Waals surface area contributed by atoms with Crippen molar-refractivity contribution in [3.05, 3.63) is 94.4 Å². The number of aromatic amines is 1. The molecule has 4 rings (SSSR count). The Bertz CT molecular complexity index is 1300. The molecular formula is C24H20N2O4. The lowest BCUT2D eigenvalue weighted by Crippen LogP contribution is -2.31. The highest BCUT2D eigenvalue weighted by Gasteiger charge is 2.16. The third-order valence-electron chi connectivity index (χ3n) is 4.98. The zero-order chi connectivity index (χ0) is 21.1. The molecule has 6 nitrogen and oxygen atoms in total. The van der Waals surface area contributed by atoms with Gasteiger partial charge in [-0.05, 0) is 40.8 Å². The van der Waals surface area contributed by atoms with E-state index in [9.17, 15) is 14.4 Å². The number of carbonyl (C=O) groups is 2. The molecule has 1 heterocycles. The molecule has 0 aliphatic carbocycles. The molecule has 1 aromatic heterocycles. The van der Waals surface area contributed by atoms with Gasteiger partial charge < -0.3 is 15.0 Å². The minimum absolute atomic E-state index is 0.00796. The first-order valence-electron chi connectivity index (χ1n) is 9.59. The summed E-state index contributed by atoms with van der Waals surface area (Å²) in [6.45, 7) is 1.44. The summed E-state index contributed by atoms with van der Waals surface area (Å²) in [7, 11) is 0. The maximum absolute atomic E-state index is 12.3. The number of esters is 1. The molecular weight excluding hydrogens is 380 g/mol. The molecule has 0 bridgehead atoms. The number of hydrogen-bond acceptors (Lipinski definition) is 4. The Balaban J connectivity index is 1.42. The first-order valence-corrected chi connectivity index (χ1v) is 9.59. The van der Waals surface area contributed by atoms with E-state index in [0.29, 0.717) is 10.8 Å². The molecule has 0 spiro atoms. The monoisotopic (exact) mass is 400 g/mol. The molecule has 0 saturated carbocycles. The van der Waals surface area contributed by atoms with Gasteiger partial charge in [-0.25, -0.2) is 4.79 Å². The number of aromatic nitrogens is 1. The number of rotatable bonds is 5. The number of benzene rings is 3. The highest BCUT2D eigenvalue weighted by atomic mass is 16.5. The lowest BCUT2D eigenvalue weighted by atomic mass is 10.00. The van der Waals surface area contributed by atoms with Crippen LogP contribution in [0.1, 0.15) is 29.0 Å². The predicted molar refractivity (Wildman–Crippen MR) is 115 cm³/mol. The average molecular weight is 400 g/mol. The third kappa shape index (κ3) is 3.93. The van der Waals surface area contributed by atoms with E-state index in [1.54, 1.807) is 24.3 Å². The van der Waals surface area contributed by atoms with E-state index < -0.39 is 18.5 Å². The minimum atomic E-state index is -0.759. The Morgan fingerprint density at radius 2 is 1.60 bits per heavy atom. The van der Waals surface area contributed by atoms with Crippen LogP contribution in [-0.4, -0.2) is 23.5 Å². The summed E-state index contributed by atoms with van der Waals surface area (Å²) in [5, 5.41) is 6.10. The molecule has 0 saturated heterocycles. The van der Waals surface area contributed by atoms with E-state index in [2.05, 4.69) is 10.3 Å². The summed E-state index contributed by atoms with van der Waals surface area (Å²) < 4.78 is 5.10. The van der Waals surface area contributed by atoms with Crippen LogP contribution in [-0.2, 0) is 9.53 Å². The van der Waals surface area contributed by atoms with Crippen LogP contribution >= 0.6 is 0 Å². The van der Waals surface area contributed by atoms with Crippen LogP contribution in [0.3, 0.4) is 0 Å². The molecule has 30 heavy (non-hydrogen) atoms. The van der Waals surface area contributed by atoms with E-state index in [-0.39, 0.29) is 17.3 Å². The van der Waals surface area contributed by atoms with Gasteiger partial charge >= 0.3 is 5.97 Å². The molecule has 1 atom stereocenters. The molecule has 1 unspecified atom stereocenters. The van der Waals surface area contributed by atoms with Crippen molar-refractivity contribution in [1.29, 1.82) is 0 Å². The first kappa shape index (κ1) is 19.4. The average Bonchev–Trinajstić information content (AvgIpc) is 2.77. The van der Waals surface area contributed by atoms with Crippen molar-refractivity contribution in [3.63, 3.8) is 0 Å². The van der Waals surface area contributed by atoms with Gasteiger partial charge in [0.1, 0.15) is 5.69 Å². The van der Waals surface area contributed by atoms with Crippen molar-refractivity contribution in [1.82, 2.24) is 10.3 Å². The largest absolute Gasteiger partial charge is 0.451 e. The van der Waals surface area contributed by atoms with Crippen LogP contribution in [0.4, 0.5) is 0 Å². The number of nitrogens with one attached hydrogen (secondary N) is 2. The van der Waals surface area contributed by atoms with Gasteiger partial charge in [-0.2, -0.15) is 0 Å². The molecule has 6 heteroatoms. The van der Waals surface area contributed by atoms with Crippen LogP contribution < -0.4 is 10.9 Å². The molecule has 3 aromatic carbocycles. The summed E-state index contributed by atoms with van der Waals surface area (Å²) in [6, 6.07) is 22.1. The van der Waals surface area contributed by atoms with E-state index in [1.165, 1.54) is 6.07 Å². The van der Waals surface area contributed by atoms with Crippen molar-refractivity contribution >= 4 is 33.4 Å². The lowest BCUT2D eigenvalue weighted by molar-refractivity contribution is -0.124. The molecule has 0 aliphatic rings. The maximum atomic E-state index is 12.3. The van der Waals surface area contributed by atoms with Gasteiger partial charge in [-0.3, -0.25) is 9.59 Å². The zero-order valence-electron chi connectivity index (χ0n) is 16.3. The van der Waals surface area contributed by atoms with Gasteiger partial charge in [0, 0.05) is 5.39 Å². The second-order valence-corrected chi connectivity index (χ2v) is 7.03. The normalized spacial score (nSPS) is 11.9. The van der Waals surface area contributed by atoms with Crippen LogP contribution in [0, 0.1) is 0 Å². The summed E-state index contributed by atoms with van der Waals surface area (Å²) >= 11 is 0. The fraction of sp³-hybridized carbons (Fsp3) is 0.125. The smallest absolute Gasteiger partial charge is 0.355 e. The topological polar surface area (TPSA) is 88.3 Å². The number of carbonyl (C=O) groups excluding carboxylic acids is 2. The summed E-state index contributed by atoms with van der Waals surface area (Å²) in [6.07, 6.45) is 0. The minimum Gasteiger partial charge on any atom is -0.451 e. The van der Waals surface area contributed by atoms with Gasteiger partial charge in [0.15, 0.2) is 6.61 Å². The quantitative estimate of drug-likeness (QED) is 0.500. The molecule has 0 aliphatic heterocycles. The molecule has 2 N–H and O–H groups in total. The van der Waals surface area contributed by atoms with Gasteiger partial charge in [0.05, 0.1) is 6.04 Å². The molecule has 1 amide bonds. The van der Waals surface area contributed by atoms with Crippen molar-refractivity contribution in [2.45, 2.75) is 13.0 Å². The van der Waals surface area contributed by atoms with E-state index >= 15 is 0 Å². The van der Waals surface area contributed by atoms with Crippen molar-refractivity contribution < 1.29 is 14.3 Å². The SMILES string of the molecule is CC(NC(=O)COC(=O)c1cc2ccccc2c(=O)[nH]1)c1cccc2ccccc12. The summed E-state index contributed by atoms with van der Waals surface area (Å²) in [5.41, 5.74) is 0.606. The lowest BCUT2D eigenvalue weighted by Gasteiger charge is -2.16. The summed E-state index contributed by atoms with van der Waals surface area (Å²) in [5.74, 6) is -1.18. The standard InChI is InChI=1S/C24H20N2O4/c1-15(18-12-6-9-16-7-2-4-10-19(16)18)25-22(27)14-30-24(29)21-13-17-8-3-5-11-20(17)23(28)26-21/h2-13,15H,14H2,1H3,(H,25,27)(H,26,28). The first-order chi connectivity index (χ1) is 14.5. The van der Waals surface area contributed by atoms with Gasteiger partial charge in [-0.1, -0.05) is 60.7 Å². The maximum Gasteiger partial charge on any atom is 0.355 e. The van der Waals surface area contributed by atoms with Crippen molar-refractivity contribution in [3.8, 4) is 0 Å². The van der Waals surface area contributed by atoms with E-state index in [4.69, 9.17) is 4.74 Å². The summed E-state index contributed by atoms with van der Waals surface area (Å²) in [4.78, 5) is 39.2. The molecule has 150 valence electrons. The fourth-order valence-electron chi connectivity index (χ4n) is 3.52. The van der Waals surface area contributed by atoms with E-state index in [1.807, 2.05) is 49.4 Å². The number of pyridine rings is 1. The number of amides is 1. The van der Waals surface area contributed by atoms with Gasteiger partial charge in [0.2, 0.25) is 0 Å². The van der Waals surface area contributed by atoms with Crippen LogP contribution in [0.2, 0.25) is 0 Å². The predicted octanol–water partition coefficient (Wildman–Crippen LogP) is 3.72. The van der Waals surface area contributed by atoms with Crippen LogP contribution in [0.25, 0.3) is 21.5 Å². The molecule has 0 fully saturated rings. The zero-order valence-corrected chi connectivity index (χ0v) is 16.3. The second-order valence-electron chi connectivity index (χ2n) is 7.03. The number of fused-ring (bicyclic) bond motifs is 2. The number of H-pyrrole nitrogens is 1. The second kappa shape index (κ2) is 8.21. The number of hydrogen-bond donors (Lipinski definition) is 2. The Hall–Kier alpha value is -3.93. The third-order valence-corrected chi connectivity index (χ3v) is 4.98. The van der Waals surface area contributed by atoms with Crippen molar-refractivity contribution in [2.75, 3.05) is 6.61 Å². The Morgan fingerprint density at radius 3 is 2.40 bits per heavy atom. The highest BCUT2D eigenvalue weighted by Crippen LogP contribution is 2.24. The Morgan fingerprint density at radius 1 is 0.933 bits per heavy atom. The Kier molecular flexibility index (Phi) is 5.30. The highest BCUT2D eigenvalue weighted by molar-refractivity contribution is 5.94. The van der Waals surface area contributed by atoms with Crippen LogP contribution in [0.5, 0.6) is 0 Å². The molecule has 4 aromatic rings. The molecule has 0 radical (unpaired) electrons. The van der Waals surface area contributed by atoms with Crippen molar-refractivity contribution in [2.24, 2.45) is 0 Å². The Labute approximate surface area is 172 Å². The fourth-order valence-corrected chi connectivity index (χ4v) is 3.52. The van der Waals surface area contributed by atoms with Crippen LogP contribution in [0.15, 0.2) is 77.6 Å². The van der Waals surface area contributed by atoms with Gasteiger partial charge in [0.25, 0.3) is 11.5 Å².